The number of benzene rings is 3. The first-order valence-electron chi connectivity index (χ1n) is 11.7. The smallest absolute Gasteiger partial charge is 0.407 e. The lowest BCUT2D eigenvalue weighted by atomic mass is 9.98. The second-order valence-corrected chi connectivity index (χ2v) is 8.53. The quantitative estimate of drug-likeness (QED) is 0.421. The van der Waals surface area contributed by atoms with Crippen molar-refractivity contribution >= 4 is 18.0 Å². The van der Waals surface area contributed by atoms with E-state index in [1.54, 1.807) is 30.3 Å². The summed E-state index contributed by atoms with van der Waals surface area (Å²) >= 11 is 0. The predicted octanol–water partition coefficient (Wildman–Crippen LogP) is 4.64. The average molecular weight is 473 g/mol. The van der Waals surface area contributed by atoms with Crippen LogP contribution in [0.5, 0.6) is 0 Å². The van der Waals surface area contributed by atoms with E-state index < -0.39 is 30.1 Å². The van der Waals surface area contributed by atoms with E-state index in [0.29, 0.717) is 12.0 Å². The van der Waals surface area contributed by atoms with E-state index in [0.717, 1.165) is 22.3 Å². The maximum absolute atomic E-state index is 12.6. The fourth-order valence-electron chi connectivity index (χ4n) is 4.48. The van der Waals surface area contributed by atoms with Gasteiger partial charge in [0.2, 0.25) is 5.91 Å². The molecular formula is C28H28N2O5. The Bertz CT molecular complexity index is 1170. The summed E-state index contributed by atoms with van der Waals surface area (Å²) < 4.78 is 5.57. The van der Waals surface area contributed by atoms with Gasteiger partial charge in [0.1, 0.15) is 6.61 Å². The van der Waals surface area contributed by atoms with Crippen LogP contribution in [-0.4, -0.2) is 35.7 Å². The number of carboxylic acid groups (broad SMARTS) is 1. The van der Waals surface area contributed by atoms with Gasteiger partial charge in [-0.25, -0.2) is 9.59 Å². The van der Waals surface area contributed by atoms with Crippen molar-refractivity contribution in [3.05, 3.63) is 95.6 Å². The molecule has 0 spiro atoms. The van der Waals surface area contributed by atoms with Crippen molar-refractivity contribution < 1.29 is 24.2 Å². The van der Waals surface area contributed by atoms with Crippen molar-refractivity contribution in [2.75, 3.05) is 6.61 Å². The van der Waals surface area contributed by atoms with Crippen LogP contribution in [0.3, 0.4) is 0 Å². The van der Waals surface area contributed by atoms with Crippen molar-refractivity contribution in [2.45, 2.75) is 37.8 Å². The standard InChI is InChI=1S/C28H28N2O5/c1-2-19(16-25(31)30-26(27(32)33)18-10-4-3-5-11-18)29-28(34)35-17-24-22-14-8-6-12-20(22)21-13-7-9-15-23(21)24/h3-15,19,24,26H,2,16-17H2,1H3,(H,29,34)(H,30,31)(H,32,33)/t19-,26-/m1/s1. The molecule has 0 fully saturated rings. The lowest BCUT2D eigenvalue weighted by Crippen LogP contribution is -2.41. The first-order valence-corrected chi connectivity index (χ1v) is 11.7. The van der Waals surface area contributed by atoms with Crippen LogP contribution >= 0.6 is 0 Å². The number of hydrogen-bond donors (Lipinski definition) is 3. The van der Waals surface area contributed by atoms with Gasteiger partial charge >= 0.3 is 12.1 Å². The van der Waals surface area contributed by atoms with Gasteiger partial charge in [-0.15, -0.1) is 0 Å². The van der Waals surface area contributed by atoms with Crippen LogP contribution in [0.2, 0.25) is 0 Å². The van der Waals surface area contributed by atoms with Crippen LogP contribution in [0.25, 0.3) is 11.1 Å². The summed E-state index contributed by atoms with van der Waals surface area (Å²) in [5.74, 6) is -1.67. The van der Waals surface area contributed by atoms with Crippen molar-refractivity contribution in [3.8, 4) is 11.1 Å². The van der Waals surface area contributed by atoms with Crippen LogP contribution < -0.4 is 10.6 Å². The number of ether oxygens (including phenoxy) is 1. The minimum Gasteiger partial charge on any atom is -0.479 e. The highest BCUT2D eigenvalue weighted by atomic mass is 16.5. The van der Waals surface area contributed by atoms with E-state index in [9.17, 15) is 19.5 Å². The summed E-state index contributed by atoms with van der Waals surface area (Å²) in [4.78, 5) is 36.8. The van der Waals surface area contributed by atoms with Gasteiger partial charge in [-0.1, -0.05) is 85.8 Å². The predicted molar refractivity (Wildman–Crippen MR) is 132 cm³/mol. The van der Waals surface area contributed by atoms with Gasteiger partial charge in [0.25, 0.3) is 0 Å². The van der Waals surface area contributed by atoms with Gasteiger partial charge < -0.3 is 20.5 Å². The highest BCUT2D eigenvalue weighted by Crippen LogP contribution is 2.44. The van der Waals surface area contributed by atoms with Crippen LogP contribution in [-0.2, 0) is 14.3 Å². The zero-order valence-corrected chi connectivity index (χ0v) is 19.4. The molecule has 0 saturated carbocycles. The number of carboxylic acids is 1. The molecule has 3 aromatic rings. The summed E-state index contributed by atoms with van der Waals surface area (Å²) in [5, 5.41) is 14.8. The van der Waals surface area contributed by atoms with E-state index in [4.69, 9.17) is 4.74 Å². The van der Waals surface area contributed by atoms with Crippen molar-refractivity contribution in [1.29, 1.82) is 0 Å². The van der Waals surface area contributed by atoms with Gasteiger partial charge in [-0.3, -0.25) is 4.79 Å². The Morgan fingerprint density at radius 2 is 1.43 bits per heavy atom. The maximum atomic E-state index is 12.6. The molecule has 0 saturated heterocycles. The lowest BCUT2D eigenvalue weighted by molar-refractivity contribution is -0.142. The molecule has 0 aromatic heterocycles. The molecule has 3 aromatic carbocycles. The molecule has 2 amide bonds. The Labute approximate surface area is 204 Å². The zero-order chi connectivity index (χ0) is 24.8. The van der Waals surface area contributed by atoms with E-state index in [2.05, 4.69) is 22.8 Å². The Morgan fingerprint density at radius 3 is 2.00 bits per heavy atom. The number of aliphatic carboxylic acids is 1. The Hall–Kier alpha value is -4.13. The van der Waals surface area contributed by atoms with Gasteiger partial charge in [0, 0.05) is 18.4 Å². The molecule has 1 aliphatic carbocycles. The van der Waals surface area contributed by atoms with Gasteiger partial charge in [0.05, 0.1) is 0 Å². The highest BCUT2D eigenvalue weighted by Gasteiger charge is 2.29. The number of carbonyl (C=O) groups excluding carboxylic acids is 2. The molecule has 3 N–H and O–H groups in total. The molecule has 4 rings (SSSR count). The van der Waals surface area contributed by atoms with E-state index >= 15 is 0 Å². The largest absolute Gasteiger partial charge is 0.479 e. The number of fused-ring (bicyclic) bond motifs is 3. The first-order chi connectivity index (χ1) is 17.0. The van der Waals surface area contributed by atoms with E-state index in [-0.39, 0.29) is 18.9 Å². The van der Waals surface area contributed by atoms with Crippen molar-refractivity contribution in [2.24, 2.45) is 0 Å². The SMILES string of the molecule is CC[C@H](CC(=O)N[C@@H](C(=O)O)c1ccccc1)NC(=O)OCC1c2ccccc2-c2ccccc21. The maximum Gasteiger partial charge on any atom is 0.407 e. The molecule has 35 heavy (non-hydrogen) atoms. The average Bonchev–Trinajstić information content (AvgIpc) is 3.19. The molecule has 0 heterocycles. The number of rotatable bonds is 9. The Kier molecular flexibility index (Phi) is 7.45. The Morgan fingerprint density at radius 1 is 0.857 bits per heavy atom. The number of alkyl carbamates (subject to hydrolysis) is 1. The lowest BCUT2D eigenvalue weighted by Gasteiger charge is -2.20. The summed E-state index contributed by atoms with van der Waals surface area (Å²) in [5.41, 5.74) is 5.01. The molecule has 7 nitrogen and oxygen atoms in total. The summed E-state index contributed by atoms with van der Waals surface area (Å²) in [6.07, 6.45) is -0.179. The third-order valence-corrected chi connectivity index (χ3v) is 6.28. The van der Waals surface area contributed by atoms with Crippen LogP contribution in [0.15, 0.2) is 78.9 Å². The normalized spacial score (nSPS) is 13.7. The topological polar surface area (TPSA) is 105 Å². The van der Waals surface area contributed by atoms with Crippen LogP contribution in [0.4, 0.5) is 4.79 Å². The Balaban J connectivity index is 1.34. The summed E-state index contributed by atoms with van der Waals surface area (Å²) in [7, 11) is 0. The third kappa shape index (κ3) is 5.51. The molecule has 1 aliphatic rings. The molecule has 180 valence electrons. The van der Waals surface area contributed by atoms with Crippen LogP contribution in [0.1, 0.15) is 48.4 Å². The molecule has 0 radical (unpaired) electrons. The second kappa shape index (κ2) is 10.9. The minimum atomic E-state index is -1.16. The monoisotopic (exact) mass is 472 g/mol. The number of hydrogen-bond acceptors (Lipinski definition) is 4. The molecule has 0 unspecified atom stereocenters. The zero-order valence-electron chi connectivity index (χ0n) is 19.4. The first kappa shape index (κ1) is 24.0. The molecule has 0 bridgehead atoms. The van der Waals surface area contributed by atoms with E-state index in [1.165, 1.54) is 0 Å². The van der Waals surface area contributed by atoms with Gasteiger partial charge in [-0.05, 0) is 34.2 Å². The summed E-state index contributed by atoms with van der Waals surface area (Å²) in [6.45, 7) is 2.02. The number of nitrogens with one attached hydrogen (secondary N) is 2. The molecule has 7 heteroatoms. The van der Waals surface area contributed by atoms with Gasteiger partial charge in [0.15, 0.2) is 6.04 Å². The second-order valence-electron chi connectivity index (χ2n) is 8.53. The number of amides is 2. The van der Waals surface area contributed by atoms with E-state index in [1.807, 2.05) is 43.3 Å². The highest BCUT2D eigenvalue weighted by molar-refractivity contribution is 5.85. The molecule has 2 atom stereocenters. The van der Waals surface area contributed by atoms with Crippen LogP contribution in [0, 0.1) is 0 Å². The molecule has 0 aliphatic heterocycles. The minimum absolute atomic E-state index is 0.0567. The molecular weight excluding hydrogens is 444 g/mol. The number of carbonyl (C=O) groups is 3. The van der Waals surface area contributed by atoms with Gasteiger partial charge in [-0.2, -0.15) is 0 Å². The third-order valence-electron chi connectivity index (χ3n) is 6.28. The van der Waals surface area contributed by atoms with Crippen molar-refractivity contribution in [1.82, 2.24) is 10.6 Å². The van der Waals surface area contributed by atoms with Crippen molar-refractivity contribution in [3.63, 3.8) is 0 Å². The fourth-order valence-corrected chi connectivity index (χ4v) is 4.48. The fraction of sp³-hybridized carbons (Fsp3) is 0.250. The summed E-state index contributed by atoms with van der Waals surface area (Å²) in [6, 6.07) is 23.0.